The van der Waals surface area contributed by atoms with Crippen molar-refractivity contribution in [2.45, 2.75) is 120 Å². The highest BCUT2D eigenvalue weighted by atomic mass is 31.0. The van der Waals surface area contributed by atoms with Crippen molar-refractivity contribution in [3.05, 3.63) is 142 Å². The van der Waals surface area contributed by atoms with E-state index in [1.54, 1.807) is 41.3 Å². The molecule has 0 saturated carbocycles. The Labute approximate surface area is 458 Å². The molecule has 9 amide bonds. The number of fused-ring (bicyclic) bond motifs is 3. The largest absolute Gasteiger partial charge is 0.370 e. The van der Waals surface area contributed by atoms with Crippen LogP contribution in [0.25, 0.3) is 10.9 Å². The number of unbranched alkanes of at least 4 members (excludes halogenated alkanes) is 3. The second-order valence-corrected chi connectivity index (χ2v) is 20.9. The van der Waals surface area contributed by atoms with Crippen LogP contribution in [0.15, 0.2) is 103 Å². The molecule has 5 heterocycles. The second kappa shape index (κ2) is 24.9. The van der Waals surface area contributed by atoms with E-state index < -0.39 is 71.7 Å². The third-order valence-electron chi connectivity index (χ3n) is 15.2. The summed E-state index contributed by atoms with van der Waals surface area (Å²) in [6, 6.07) is 25.0. The number of nitrogens with two attached hydrogens (primary N) is 1. The summed E-state index contributed by atoms with van der Waals surface area (Å²) in [5.41, 5.74) is 9.91. The van der Waals surface area contributed by atoms with Crippen molar-refractivity contribution in [1.82, 2.24) is 41.0 Å². The summed E-state index contributed by atoms with van der Waals surface area (Å²) in [4.78, 5) is 141. The van der Waals surface area contributed by atoms with Gasteiger partial charge in [0.05, 0.1) is 6.04 Å². The molecule has 7 N–H and O–H groups in total. The van der Waals surface area contributed by atoms with Gasteiger partial charge in [-0.2, -0.15) is 0 Å². The molecule has 4 aliphatic rings. The van der Waals surface area contributed by atoms with Crippen LogP contribution < -0.4 is 27.0 Å². The molecule has 9 rings (SSSR count). The molecule has 408 valence electrons. The highest BCUT2D eigenvalue weighted by Gasteiger charge is 2.46. The molecular formula is C59H62N9O10P. The fourth-order valence-electron chi connectivity index (χ4n) is 11.0. The Morgan fingerprint density at radius 2 is 1.54 bits per heavy atom. The smallest absolute Gasteiger partial charge is 0.268 e. The number of nitrogens with one attached hydrogen (secondary N) is 5. The van der Waals surface area contributed by atoms with Crippen LogP contribution >= 0.6 is 9.24 Å². The molecule has 3 saturated heterocycles. The number of benzene rings is 4. The zero-order chi connectivity index (χ0) is 55.7. The van der Waals surface area contributed by atoms with Gasteiger partial charge in [-0.25, -0.2) is 0 Å². The Morgan fingerprint density at radius 1 is 0.797 bits per heavy atom. The summed E-state index contributed by atoms with van der Waals surface area (Å²) in [6.07, 6.45) is 3.61. The van der Waals surface area contributed by atoms with E-state index in [1.165, 1.54) is 9.80 Å². The maximum Gasteiger partial charge on any atom is 0.268 e. The monoisotopic (exact) mass is 1090 g/mol. The highest BCUT2D eigenvalue weighted by Crippen LogP contribution is 2.32. The fraction of sp³-hybridized carbons (Fsp3) is 0.356. The average molecular weight is 1090 g/mol. The first-order chi connectivity index (χ1) is 38.1. The quantitative estimate of drug-likeness (QED) is 0.0314. The van der Waals surface area contributed by atoms with Crippen LogP contribution in [0.5, 0.6) is 0 Å². The van der Waals surface area contributed by atoms with Gasteiger partial charge in [0.1, 0.15) is 29.9 Å². The molecule has 19 nitrogen and oxygen atoms in total. The van der Waals surface area contributed by atoms with Crippen molar-refractivity contribution < 1.29 is 47.9 Å². The summed E-state index contributed by atoms with van der Waals surface area (Å²) < 4.78 is 0. The predicted octanol–water partition coefficient (Wildman–Crippen LogP) is 4.29. The number of imide groups is 1. The van der Waals surface area contributed by atoms with Gasteiger partial charge in [0.25, 0.3) is 11.8 Å². The summed E-state index contributed by atoms with van der Waals surface area (Å²) in [6.45, 7) is 0.256. The first kappa shape index (κ1) is 55.3. The number of amides is 9. The van der Waals surface area contributed by atoms with Gasteiger partial charge in [0, 0.05) is 79.0 Å². The molecule has 0 bridgehead atoms. The number of hydrogen-bond acceptors (Lipinski definition) is 10. The highest BCUT2D eigenvalue weighted by molar-refractivity contribution is 7.41. The molecule has 4 aromatic carbocycles. The van der Waals surface area contributed by atoms with E-state index in [-0.39, 0.29) is 87.1 Å². The van der Waals surface area contributed by atoms with Crippen LogP contribution in [-0.4, -0.2) is 122 Å². The van der Waals surface area contributed by atoms with E-state index >= 15 is 4.79 Å². The van der Waals surface area contributed by atoms with Crippen molar-refractivity contribution in [1.29, 1.82) is 0 Å². The second-order valence-electron chi connectivity index (χ2n) is 20.4. The number of aromatic nitrogens is 1. The first-order valence-corrected chi connectivity index (χ1v) is 27.3. The molecule has 4 aliphatic heterocycles. The molecule has 2 unspecified atom stereocenters. The van der Waals surface area contributed by atoms with Gasteiger partial charge in [-0.05, 0) is 98.0 Å². The molecule has 79 heavy (non-hydrogen) atoms. The van der Waals surface area contributed by atoms with Gasteiger partial charge in [-0.15, -0.1) is 0 Å². The Balaban J connectivity index is 0.869. The predicted molar refractivity (Wildman–Crippen MR) is 294 cm³/mol. The third kappa shape index (κ3) is 12.9. The average Bonchev–Trinajstić information content (AvgIpc) is 4.40. The van der Waals surface area contributed by atoms with Crippen LogP contribution in [0.1, 0.15) is 137 Å². The zero-order valence-corrected chi connectivity index (χ0v) is 44.6. The Hall–Kier alpha value is -8.49. The van der Waals surface area contributed by atoms with Crippen molar-refractivity contribution in [3.63, 3.8) is 0 Å². The van der Waals surface area contributed by atoms with Crippen LogP contribution in [-0.2, 0) is 40.1 Å². The summed E-state index contributed by atoms with van der Waals surface area (Å²) in [7, 11) is 2.12. The molecule has 0 aliphatic carbocycles. The standard InChI is InChI=1S/C59H62N9O10P/c60-49(69)27-24-44(53(72)65-52(36-14-7-4-8-15-36)37-16-9-5-10-17-37)62-56(75)48-25-22-40-29-30-66(34-46(58(77)68(40)48)63-54(73)45-32-39-31-38(59(78)79)21-23-43(39)61-45)51(71)20-11-3-1-2-6-13-35-18-12-19-41-42(35)33-67(57(41)76)47-26-28-50(70)64-55(47)74/h4-5,7-10,12,14-19,21,23,31-32,40,44,46-48,52,61H,1-3,11,20,22,24-30,33-34,79H2,(H2,60,69)(H,62,75)(H,63,73)(H,65,72)(H,64,70,74)/t40-,44+,46+,47?,48+/m1/s1. The summed E-state index contributed by atoms with van der Waals surface area (Å²) >= 11 is 0. The Kier molecular flexibility index (Phi) is 17.4. The molecule has 0 spiro atoms. The first-order valence-electron chi connectivity index (χ1n) is 26.7. The molecule has 5 aromatic rings. The number of carbonyl (C=O) groups is 10. The maximum atomic E-state index is 15.0. The normalized spacial score (nSPS) is 19.3. The van der Waals surface area contributed by atoms with Gasteiger partial charge in [-0.1, -0.05) is 94.2 Å². The van der Waals surface area contributed by atoms with E-state index in [1.807, 2.05) is 66.7 Å². The van der Waals surface area contributed by atoms with Gasteiger partial charge < -0.3 is 41.4 Å². The summed E-state index contributed by atoms with van der Waals surface area (Å²) in [5.74, 6) is 1.99. The van der Waals surface area contributed by atoms with Gasteiger partial charge >= 0.3 is 0 Å². The van der Waals surface area contributed by atoms with Crippen molar-refractivity contribution >= 4 is 78.8 Å². The van der Waals surface area contributed by atoms with Crippen molar-refractivity contribution in [3.8, 4) is 11.8 Å². The van der Waals surface area contributed by atoms with Crippen molar-refractivity contribution in [2.75, 3.05) is 13.1 Å². The van der Waals surface area contributed by atoms with Crippen LogP contribution in [0, 0.1) is 11.8 Å². The topological polar surface area (TPSA) is 270 Å². The third-order valence-corrected chi connectivity index (χ3v) is 15.5. The number of carbonyl (C=O) groups excluding carboxylic acids is 10. The Morgan fingerprint density at radius 3 is 2.25 bits per heavy atom. The van der Waals surface area contributed by atoms with E-state index in [9.17, 15) is 43.2 Å². The van der Waals surface area contributed by atoms with Gasteiger partial charge in [0.2, 0.25) is 41.4 Å². The molecule has 0 radical (unpaired) electrons. The molecule has 6 atom stereocenters. The van der Waals surface area contributed by atoms with E-state index in [4.69, 9.17) is 5.73 Å². The van der Waals surface area contributed by atoms with E-state index in [2.05, 4.69) is 47.3 Å². The lowest BCUT2D eigenvalue weighted by molar-refractivity contribution is -0.145. The maximum absolute atomic E-state index is 15.0. The lowest BCUT2D eigenvalue weighted by Crippen LogP contribution is -2.62. The molecule has 1 aromatic heterocycles. The molecule has 20 heteroatoms. The lowest BCUT2D eigenvalue weighted by Gasteiger charge is -2.39. The number of nitrogens with zero attached hydrogens (tertiary/aromatic N) is 3. The number of primary amides is 1. The van der Waals surface area contributed by atoms with Crippen molar-refractivity contribution in [2.24, 2.45) is 5.73 Å². The number of hydrogen-bond donors (Lipinski definition) is 6. The number of piperidine rings is 1. The number of aromatic amines is 1. The Bertz CT molecular complexity index is 3240. The zero-order valence-electron chi connectivity index (χ0n) is 43.5. The van der Waals surface area contributed by atoms with Crippen LogP contribution in [0.2, 0.25) is 0 Å². The minimum Gasteiger partial charge on any atom is -0.370 e. The van der Waals surface area contributed by atoms with Crippen LogP contribution in [0.4, 0.5) is 0 Å². The summed E-state index contributed by atoms with van der Waals surface area (Å²) in [5, 5.41) is 11.7. The molecule has 3 fully saturated rings. The van der Waals surface area contributed by atoms with Crippen LogP contribution in [0.3, 0.4) is 0 Å². The minimum absolute atomic E-state index is 0.110. The van der Waals surface area contributed by atoms with Gasteiger partial charge in [-0.3, -0.25) is 53.3 Å². The lowest BCUT2D eigenvalue weighted by atomic mass is 9.98. The SMILES string of the molecule is NC(=O)CC[C@H](NC(=O)[C@@H]1CC[C@@H]2CCN(C(=O)CCCCCC#Cc3cccc4c3CN(C3CCC(=O)NC3=O)C4=O)C[C@H](NC(=O)c3cc4cc(C(=O)P)ccc4[nH]3)C(=O)N21)C(=O)NC(c1ccccc1)c1ccccc1. The number of H-pyrrole nitrogens is 1. The molecular weight excluding hydrogens is 1030 g/mol. The fourth-order valence-corrected chi connectivity index (χ4v) is 11.2. The number of rotatable bonds is 18. The minimum atomic E-state index is -1.30. The van der Waals surface area contributed by atoms with E-state index in [0.29, 0.717) is 66.1 Å². The van der Waals surface area contributed by atoms with Gasteiger partial charge in [0.15, 0.2) is 5.52 Å². The van der Waals surface area contributed by atoms with E-state index in [0.717, 1.165) is 16.7 Å².